The second-order valence-corrected chi connectivity index (χ2v) is 6.82. The van der Waals surface area contributed by atoms with E-state index in [1.165, 1.54) is 28.7 Å². The molecule has 0 bridgehead atoms. The van der Waals surface area contributed by atoms with E-state index < -0.39 is 0 Å². The number of hydrogen-bond acceptors (Lipinski definition) is 5. The minimum absolute atomic E-state index is 0. The topological polar surface area (TPSA) is 47.0 Å². The lowest BCUT2D eigenvalue weighted by molar-refractivity contribution is 0.147. The number of nitrogens with zero attached hydrogens (tertiary/aromatic N) is 2. The molecule has 0 aliphatic heterocycles. The molecule has 4 nitrogen and oxygen atoms in total. The molecule has 0 spiro atoms. The summed E-state index contributed by atoms with van der Waals surface area (Å²) in [6.45, 7) is 6.85. The first-order valence-corrected chi connectivity index (χ1v) is 8.68. The average Bonchev–Trinajstić information content (AvgIpc) is 2.85. The van der Waals surface area contributed by atoms with E-state index in [1.54, 1.807) is 6.33 Å². The Bertz CT molecular complexity index is 617. The van der Waals surface area contributed by atoms with Crippen molar-refractivity contribution in [3.8, 4) is 0 Å². The van der Waals surface area contributed by atoms with Crippen LogP contribution in [0.4, 0.5) is 5.82 Å². The predicted molar refractivity (Wildman–Crippen MR) is 95.5 cm³/mol. The zero-order chi connectivity index (χ0) is 14.7. The Morgan fingerprint density at radius 2 is 2.27 bits per heavy atom. The minimum atomic E-state index is 0. The molecule has 6 heteroatoms. The van der Waals surface area contributed by atoms with Crippen molar-refractivity contribution in [2.75, 3.05) is 25.1 Å². The predicted octanol–water partition coefficient (Wildman–Crippen LogP) is 4.08. The van der Waals surface area contributed by atoms with Crippen LogP contribution in [0.3, 0.4) is 0 Å². The first-order valence-electron chi connectivity index (χ1n) is 7.86. The Hall–Kier alpha value is -0.910. The second-order valence-electron chi connectivity index (χ2n) is 5.73. The summed E-state index contributed by atoms with van der Waals surface area (Å²) < 4.78 is 5.38. The molecule has 0 fully saturated rings. The molecule has 122 valence electrons. The van der Waals surface area contributed by atoms with Gasteiger partial charge in [-0.2, -0.15) is 0 Å². The molecule has 1 atom stereocenters. The fourth-order valence-corrected chi connectivity index (χ4v) is 4.28. The van der Waals surface area contributed by atoms with Crippen molar-refractivity contribution in [1.29, 1.82) is 0 Å². The van der Waals surface area contributed by atoms with Gasteiger partial charge < -0.3 is 10.1 Å². The number of fused-ring (bicyclic) bond motifs is 3. The highest BCUT2D eigenvalue weighted by Gasteiger charge is 2.22. The van der Waals surface area contributed by atoms with Gasteiger partial charge in [-0.15, -0.1) is 23.7 Å². The van der Waals surface area contributed by atoms with Crippen molar-refractivity contribution in [3.05, 3.63) is 16.8 Å². The van der Waals surface area contributed by atoms with Gasteiger partial charge in [-0.1, -0.05) is 6.92 Å². The van der Waals surface area contributed by atoms with Crippen molar-refractivity contribution in [2.24, 2.45) is 5.92 Å². The maximum atomic E-state index is 5.38. The van der Waals surface area contributed by atoms with E-state index in [4.69, 9.17) is 4.74 Å². The van der Waals surface area contributed by atoms with E-state index in [0.29, 0.717) is 0 Å². The van der Waals surface area contributed by atoms with Crippen LogP contribution in [-0.4, -0.2) is 29.7 Å². The number of ether oxygens (including phenoxy) is 1. The number of anilines is 1. The van der Waals surface area contributed by atoms with Crippen LogP contribution in [0, 0.1) is 5.92 Å². The zero-order valence-corrected chi connectivity index (χ0v) is 14.9. The summed E-state index contributed by atoms with van der Waals surface area (Å²) in [4.78, 5) is 11.6. The van der Waals surface area contributed by atoms with Crippen molar-refractivity contribution in [3.63, 3.8) is 0 Å². The maximum absolute atomic E-state index is 5.38. The van der Waals surface area contributed by atoms with Gasteiger partial charge in [-0.3, -0.25) is 0 Å². The van der Waals surface area contributed by atoms with E-state index in [-0.39, 0.29) is 12.4 Å². The lowest BCUT2D eigenvalue weighted by Crippen LogP contribution is -2.10. The number of rotatable bonds is 6. The van der Waals surface area contributed by atoms with Crippen LogP contribution in [0.2, 0.25) is 0 Å². The van der Waals surface area contributed by atoms with Crippen LogP contribution in [0.15, 0.2) is 6.33 Å². The molecule has 0 amide bonds. The van der Waals surface area contributed by atoms with E-state index in [9.17, 15) is 0 Å². The lowest BCUT2D eigenvalue weighted by atomic mass is 9.89. The number of hydrogen-bond donors (Lipinski definition) is 1. The average molecular weight is 342 g/mol. The summed E-state index contributed by atoms with van der Waals surface area (Å²) in [5.74, 6) is 1.80. The molecule has 2 aromatic rings. The Balaban J connectivity index is 0.00000176. The summed E-state index contributed by atoms with van der Waals surface area (Å²) in [7, 11) is 0. The summed E-state index contributed by atoms with van der Waals surface area (Å²) in [6, 6.07) is 0. The Morgan fingerprint density at radius 3 is 3.09 bits per heavy atom. The highest BCUT2D eigenvalue weighted by Crippen LogP contribution is 2.39. The lowest BCUT2D eigenvalue weighted by Gasteiger charge is -2.18. The largest absolute Gasteiger partial charge is 0.382 e. The summed E-state index contributed by atoms with van der Waals surface area (Å²) in [6.07, 6.45) is 6.32. The van der Waals surface area contributed by atoms with E-state index in [0.717, 1.165) is 49.2 Å². The summed E-state index contributed by atoms with van der Waals surface area (Å²) in [5, 5.41) is 4.73. The SMILES string of the molecule is CCOCCCNc1ncnc2sc3c(c12)CCC(C)C3.Cl. The Kier molecular flexibility index (Phi) is 6.41. The highest BCUT2D eigenvalue weighted by molar-refractivity contribution is 7.19. The van der Waals surface area contributed by atoms with Gasteiger partial charge >= 0.3 is 0 Å². The molecule has 1 unspecified atom stereocenters. The molecule has 1 aliphatic rings. The zero-order valence-electron chi connectivity index (χ0n) is 13.2. The van der Waals surface area contributed by atoms with Crippen molar-refractivity contribution >= 4 is 39.8 Å². The standard InChI is InChI=1S/C16H23N3OS.ClH/c1-3-20-8-4-7-17-15-14-12-6-5-11(2)9-13(12)21-16(14)19-10-18-15;/h10-11H,3-9H2,1-2H3,(H,17,18,19);1H. The van der Waals surface area contributed by atoms with Gasteiger partial charge in [-0.05, 0) is 44.1 Å². The summed E-state index contributed by atoms with van der Waals surface area (Å²) in [5.41, 5.74) is 1.49. The third-order valence-corrected chi connectivity index (χ3v) is 5.22. The minimum Gasteiger partial charge on any atom is -0.382 e. The van der Waals surface area contributed by atoms with Gasteiger partial charge in [0.1, 0.15) is 17.0 Å². The van der Waals surface area contributed by atoms with Crippen LogP contribution in [0.1, 0.15) is 37.1 Å². The van der Waals surface area contributed by atoms with E-state index in [2.05, 4.69) is 22.2 Å². The van der Waals surface area contributed by atoms with Gasteiger partial charge in [0.2, 0.25) is 0 Å². The van der Waals surface area contributed by atoms with E-state index >= 15 is 0 Å². The molecule has 0 radical (unpaired) electrons. The molecule has 2 aromatic heterocycles. The molecule has 3 rings (SSSR count). The maximum Gasteiger partial charge on any atom is 0.138 e. The van der Waals surface area contributed by atoms with Gasteiger partial charge in [0.15, 0.2) is 0 Å². The normalized spacial score (nSPS) is 17.1. The molecule has 1 aliphatic carbocycles. The van der Waals surface area contributed by atoms with Crippen molar-refractivity contribution in [2.45, 2.75) is 39.5 Å². The van der Waals surface area contributed by atoms with Crippen LogP contribution >= 0.6 is 23.7 Å². The first kappa shape index (κ1) is 17.4. The van der Waals surface area contributed by atoms with E-state index in [1.807, 2.05) is 18.3 Å². The van der Waals surface area contributed by atoms with Crippen LogP contribution < -0.4 is 5.32 Å². The number of aromatic nitrogens is 2. The molecule has 2 heterocycles. The molecule has 0 saturated carbocycles. The number of thiophene rings is 1. The smallest absolute Gasteiger partial charge is 0.138 e. The number of aryl methyl sites for hydroxylation is 1. The molecule has 1 N–H and O–H groups in total. The van der Waals surface area contributed by atoms with Crippen LogP contribution in [0.25, 0.3) is 10.2 Å². The van der Waals surface area contributed by atoms with Gasteiger partial charge in [0, 0.05) is 24.6 Å². The van der Waals surface area contributed by atoms with Crippen molar-refractivity contribution < 1.29 is 4.74 Å². The molecule has 0 saturated heterocycles. The number of halogens is 1. The van der Waals surface area contributed by atoms with Crippen LogP contribution in [0.5, 0.6) is 0 Å². The van der Waals surface area contributed by atoms with Gasteiger partial charge in [0.05, 0.1) is 5.39 Å². The number of nitrogens with one attached hydrogen (secondary N) is 1. The third kappa shape index (κ3) is 3.70. The highest BCUT2D eigenvalue weighted by atomic mass is 35.5. The fraction of sp³-hybridized carbons (Fsp3) is 0.625. The fourth-order valence-electron chi connectivity index (χ4n) is 2.93. The Morgan fingerprint density at radius 1 is 1.41 bits per heavy atom. The quantitative estimate of drug-likeness (QED) is 0.804. The second kappa shape index (κ2) is 8.09. The molecular weight excluding hydrogens is 318 g/mol. The molecular formula is C16H24ClN3OS. The first-order chi connectivity index (χ1) is 10.3. The van der Waals surface area contributed by atoms with Crippen LogP contribution in [-0.2, 0) is 17.6 Å². The monoisotopic (exact) mass is 341 g/mol. The summed E-state index contributed by atoms with van der Waals surface area (Å²) >= 11 is 1.85. The van der Waals surface area contributed by atoms with Gasteiger partial charge in [-0.25, -0.2) is 9.97 Å². The third-order valence-electron chi connectivity index (χ3n) is 4.05. The molecule has 0 aromatic carbocycles. The van der Waals surface area contributed by atoms with Crippen molar-refractivity contribution in [1.82, 2.24) is 9.97 Å². The molecule has 22 heavy (non-hydrogen) atoms. The van der Waals surface area contributed by atoms with Gasteiger partial charge in [0.25, 0.3) is 0 Å². The Labute approximate surface area is 142 Å².